The highest BCUT2D eigenvalue weighted by Gasteiger charge is 2.23. The standard InChI is InChI=1S/C11H18BrN3OS/c1-4-5-8-9(17-15-14-8)10(16)13-11(2,3)6-7-12/h4-7H2,1-3H3,(H,13,16). The summed E-state index contributed by atoms with van der Waals surface area (Å²) in [5, 5.41) is 7.89. The van der Waals surface area contributed by atoms with E-state index in [4.69, 9.17) is 0 Å². The van der Waals surface area contributed by atoms with Crippen LogP contribution in [0.5, 0.6) is 0 Å². The van der Waals surface area contributed by atoms with E-state index in [0.717, 1.165) is 30.3 Å². The third-order valence-corrected chi connectivity index (χ3v) is 3.58. The van der Waals surface area contributed by atoms with E-state index in [1.165, 1.54) is 11.5 Å². The first-order valence-corrected chi connectivity index (χ1v) is 7.59. The van der Waals surface area contributed by atoms with Gasteiger partial charge < -0.3 is 5.32 Å². The number of halogens is 1. The Hall–Kier alpha value is -0.490. The van der Waals surface area contributed by atoms with Gasteiger partial charge in [0.05, 0.1) is 5.69 Å². The topological polar surface area (TPSA) is 54.9 Å². The predicted octanol–water partition coefficient (Wildman–Crippen LogP) is 2.78. The first kappa shape index (κ1) is 14.6. The van der Waals surface area contributed by atoms with E-state index in [9.17, 15) is 4.79 Å². The van der Waals surface area contributed by atoms with Crippen LogP contribution in [0.3, 0.4) is 0 Å². The fourth-order valence-corrected chi connectivity index (χ4v) is 3.04. The maximum Gasteiger partial charge on any atom is 0.265 e. The van der Waals surface area contributed by atoms with Gasteiger partial charge in [0.15, 0.2) is 0 Å². The number of aryl methyl sites for hydroxylation is 1. The molecule has 1 aromatic rings. The number of hydrogen-bond donors (Lipinski definition) is 1. The quantitative estimate of drug-likeness (QED) is 0.820. The molecule has 0 spiro atoms. The largest absolute Gasteiger partial charge is 0.346 e. The number of nitrogens with one attached hydrogen (secondary N) is 1. The van der Waals surface area contributed by atoms with Gasteiger partial charge in [-0.2, -0.15) is 0 Å². The number of amides is 1. The van der Waals surface area contributed by atoms with Crippen molar-refractivity contribution in [3.8, 4) is 0 Å². The Bertz CT molecular complexity index is 379. The van der Waals surface area contributed by atoms with Crippen LogP contribution in [0.2, 0.25) is 0 Å². The molecule has 1 aromatic heterocycles. The highest BCUT2D eigenvalue weighted by atomic mass is 79.9. The van der Waals surface area contributed by atoms with E-state index in [0.29, 0.717) is 4.88 Å². The minimum atomic E-state index is -0.214. The third kappa shape index (κ3) is 4.35. The van der Waals surface area contributed by atoms with Gasteiger partial charge in [-0.15, -0.1) is 5.10 Å². The molecule has 1 rings (SSSR count). The minimum absolute atomic E-state index is 0.0607. The summed E-state index contributed by atoms with van der Waals surface area (Å²) >= 11 is 4.56. The maximum absolute atomic E-state index is 12.1. The molecule has 0 saturated carbocycles. The molecule has 0 aromatic carbocycles. The fraction of sp³-hybridized carbons (Fsp3) is 0.727. The Morgan fingerprint density at radius 1 is 1.53 bits per heavy atom. The summed E-state index contributed by atoms with van der Waals surface area (Å²) in [4.78, 5) is 12.7. The van der Waals surface area contributed by atoms with Gasteiger partial charge in [0, 0.05) is 10.9 Å². The van der Waals surface area contributed by atoms with Crippen molar-refractivity contribution in [2.24, 2.45) is 0 Å². The van der Waals surface area contributed by atoms with Crippen LogP contribution in [-0.4, -0.2) is 26.4 Å². The molecule has 1 heterocycles. The monoisotopic (exact) mass is 319 g/mol. The summed E-state index contributed by atoms with van der Waals surface area (Å²) in [6, 6.07) is 0. The molecule has 0 aliphatic carbocycles. The zero-order valence-electron chi connectivity index (χ0n) is 10.4. The lowest BCUT2D eigenvalue weighted by Crippen LogP contribution is -2.43. The van der Waals surface area contributed by atoms with Gasteiger partial charge in [0.1, 0.15) is 4.88 Å². The lowest BCUT2D eigenvalue weighted by Gasteiger charge is -2.25. The maximum atomic E-state index is 12.1. The van der Waals surface area contributed by atoms with Crippen molar-refractivity contribution in [3.05, 3.63) is 10.6 Å². The molecule has 0 atom stereocenters. The van der Waals surface area contributed by atoms with Crippen LogP contribution >= 0.6 is 27.5 Å². The van der Waals surface area contributed by atoms with Gasteiger partial charge in [-0.1, -0.05) is 33.8 Å². The van der Waals surface area contributed by atoms with Gasteiger partial charge in [0.2, 0.25) is 0 Å². The van der Waals surface area contributed by atoms with Crippen LogP contribution in [-0.2, 0) is 6.42 Å². The molecule has 1 N–H and O–H groups in total. The highest BCUT2D eigenvalue weighted by Crippen LogP contribution is 2.16. The van der Waals surface area contributed by atoms with Crippen molar-refractivity contribution in [2.75, 3.05) is 5.33 Å². The van der Waals surface area contributed by atoms with Crippen LogP contribution in [0.1, 0.15) is 49.0 Å². The number of alkyl halides is 1. The van der Waals surface area contributed by atoms with Gasteiger partial charge in [0.25, 0.3) is 5.91 Å². The molecule has 0 bridgehead atoms. The van der Waals surface area contributed by atoms with Crippen LogP contribution in [0.4, 0.5) is 0 Å². The second kappa shape index (κ2) is 6.44. The first-order valence-electron chi connectivity index (χ1n) is 5.70. The number of hydrogen-bond acceptors (Lipinski definition) is 4. The average molecular weight is 320 g/mol. The molecule has 0 saturated heterocycles. The Morgan fingerprint density at radius 3 is 2.82 bits per heavy atom. The number of nitrogens with zero attached hydrogens (tertiary/aromatic N) is 2. The summed E-state index contributed by atoms with van der Waals surface area (Å²) in [5.74, 6) is -0.0607. The number of carbonyl (C=O) groups is 1. The molecule has 0 aliphatic heterocycles. The fourth-order valence-electron chi connectivity index (χ4n) is 1.44. The molecule has 4 nitrogen and oxygen atoms in total. The van der Waals surface area contributed by atoms with E-state index in [-0.39, 0.29) is 11.4 Å². The van der Waals surface area contributed by atoms with Gasteiger partial charge in [-0.25, -0.2) is 0 Å². The van der Waals surface area contributed by atoms with E-state index in [1.54, 1.807) is 0 Å². The van der Waals surface area contributed by atoms with Crippen molar-refractivity contribution in [3.63, 3.8) is 0 Å². The number of rotatable bonds is 6. The highest BCUT2D eigenvalue weighted by molar-refractivity contribution is 9.09. The summed E-state index contributed by atoms with van der Waals surface area (Å²) in [6.45, 7) is 6.09. The number of carbonyl (C=O) groups excluding carboxylic acids is 1. The molecule has 0 unspecified atom stereocenters. The lowest BCUT2D eigenvalue weighted by molar-refractivity contribution is 0.0915. The second-order valence-electron chi connectivity index (χ2n) is 4.58. The molecule has 96 valence electrons. The molecule has 1 amide bonds. The zero-order valence-corrected chi connectivity index (χ0v) is 12.8. The summed E-state index contributed by atoms with van der Waals surface area (Å²) in [6.07, 6.45) is 2.66. The van der Waals surface area contributed by atoms with E-state index in [1.807, 2.05) is 13.8 Å². The molecule has 17 heavy (non-hydrogen) atoms. The molecule has 6 heteroatoms. The first-order chi connectivity index (χ1) is 8.00. The molecule has 0 radical (unpaired) electrons. The minimum Gasteiger partial charge on any atom is -0.346 e. The Morgan fingerprint density at radius 2 is 2.24 bits per heavy atom. The van der Waals surface area contributed by atoms with Crippen LogP contribution < -0.4 is 5.32 Å². The summed E-state index contributed by atoms with van der Waals surface area (Å²) in [5.41, 5.74) is 0.596. The molecule has 0 fully saturated rings. The van der Waals surface area contributed by atoms with Crippen molar-refractivity contribution >= 4 is 33.4 Å². The summed E-state index contributed by atoms with van der Waals surface area (Å²) in [7, 11) is 0. The van der Waals surface area contributed by atoms with Crippen molar-refractivity contribution in [1.82, 2.24) is 14.9 Å². The van der Waals surface area contributed by atoms with Crippen LogP contribution in [0, 0.1) is 0 Å². The Labute approximate surface area is 114 Å². The van der Waals surface area contributed by atoms with E-state index in [2.05, 4.69) is 37.8 Å². The number of aromatic nitrogens is 2. The van der Waals surface area contributed by atoms with E-state index < -0.39 is 0 Å². The van der Waals surface area contributed by atoms with Gasteiger partial charge in [-0.05, 0) is 38.2 Å². The smallest absolute Gasteiger partial charge is 0.265 e. The van der Waals surface area contributed by atoms with Crippen LogP contribution in [0.25, 0.3) is 0 Å². The summed E-state index contributed by atoms with van der Waals surface area (Å²) < 4.78 is 3.86. The van der Waals surface area contributed by atoms with Gasteiger partial charge >= 0.3 is 0 Å². The SMILES string of the molecule is CCCc1nnsc1C(=O)NC(C)(C)CCBr. The predicted molar refractivity (Wildman–Crippen MR) is 73.9 cm³/mol. The van der Waals surface area contributed by atoms with Crippen LogP contribution in [0.15, 0.2) is 0 Å². The Kier molecular flexibility index (Phi) is 5.52. The van der Waals surface area contributed by atoms with Gasteiger partial charge in [-0.3, -0.25) is 4.79 Å². The Balaban J connectivity index is 2.72. The van der Waals surface area contributed by atoms with Crippen molar-refractivity contribution < 1.29 is 4.79 Å². The van der Waals surface area contributed by atoms with Crippen molar-refractivity contribution in [1.29, 1.82) is 0 Å². The van der Waals surface area contributed by atoms with E-state index >= 15 is 0 Å². The molecular weight excluding hydrogens is 302 g/mol. The average Bonchev–Trinajstić information content (AvgIpc) is 2.65. The third-order valence-electron chi connectivity index (χ3n) is 2.42. The zero-order chi connectivity index (χ0) is 12.9. The normalized spacial score (nSPS) is 11.5. The molecule has 0 aliphatic rings. The van der Waals surface area contributed by atoms with Crippen molar-refractivity contribution in [2.45, 2.75) is 45.6 Å². The second-order valence-corrected chi connectivity index (χ2v) is 6.12. The molecular formula is C11H18BrN3OS. The lowest BCUT2D eigenvalue weighted by atomic mass is 10.0.